The molecule has 3 aliphatic rings. The molecule has 0 bridgehead atoms. The Morgan fingerprint density at radius 3 is 2.44 bits per heavy atom. The first kappa shape index (κ1) is 11.0. The van der Waals surface area contributed by atoms with Gasteiger partial charge in [-0.25, -0.2) is 0 Å². The van der Waals surface area contributed by atoms with E-state index >= 15 is 0 Å². The van der Waals surface area contributed by atoms with Crippen molar-refractivity contribution in [1.82, 2.24) is 10.2 Å². The third-order valence-electron chi connectivity index (χ3n) is 4.26. The molecule has 0 radical (unpaired) electrons. The third-order valence-corrected chi connectivity index (χ3v) is 4.26. The van der Waals surface area contributed by atoms with Gasteiger partial charge in [-0.3, -0.25) is 4.90 Å². The van der Waals surface area contributed by atoms with E-state index in [-0.39, 0.29) is 0 Å². The second-order valence-electron chi connectivity index (χ2n) is 5.52. The van der Waals surface area contributed by atoms with Crippen LogP contribution in [0.4, 0.5) is 0 Å². The molecule has 1 N–H and O–H groups in total. The van der Waals surface area contributed by atoms with E-state index in [0.717, 1.165) is 18.6 Å². The van der Waals surface area contributed by atoms with Gasteiger partial charge in [0.05, 0.1) is 6.10 Å². The molecule has 0 aromatic heterocycles. The maximum absolute atomic E-state index is 5.96. The Hall–Kier alpha value is -0.120. The summed E-state index contributed by atoms with van der Waals surface area (Å²) < 4.78 is 5.96. The fourth-order valence-electron chi connectivity index (χ4n) is 3.25. The zero-order chi connectivity index (χ0) is 10.8. The Labute approximate surface area is 98.5 Å². The van der Waals surface area contributed by atoms with Crippen LogP contribution in [0.2, 0.25) is 0 Å². The van der Waals surface area contributed by atoms with E-state index in [9.17, 15) is 0 Å². The first-order valence-electron chi connectivity index (χ1n) is 7.01. The average molecular weight is 224 g/mol. The molecule has 2 unspecified atom stereocenters. The van der Waals surface area contributed by atoms with E-state index < -0.39 is 0 Å². The van der Waals surface area contributed by atoms with Gasteiger partial charge in [-0.2, -0.15) is 0 Å². The maximum Gasteiger partial charge on any atom is 0.0759 e. The summed E-state index contributed by atoms with van der Waals surface area (Å²) in [6, 6.07) is 0.741. The van der Waals surface area contributed by atoms with Crippen LogP contribution >= 0.6 is 0 Å². The SMILES string of the molecule is C1CNCCCN(C2CCOC2C2CC2)C1. The van der Waals surface area contributed by atoms with Crippen molar-refractivity contribution in [3.63, 3.8) is 0 Å². The van der Waals surface area contributed by atoms with Gasteiger partial charge in [0.15, 0.2) is 0 Å². The summed E-state index contributed by atoms with van der Waals surface area (Å²) in [6.07, 6.45) is 7.27. The number of rotatable bonds is 2. The highest BCUT2D eigenvalue weighted by atomic mass is 16.5. The normalized spacial score (nSPS) is 38.2. The Bertz CT molecular complexity index is 222. The van der Waals surface area contributed by atoms with Gasteiger partial charge in [-0.05, 0) is 64.2 Å². The lowest BCUT2D eigenvalue weighted by molar-refractivity contribution is 0.0436. The van der Waals surface area contributed by atoms with E-state index in [0.29, 0.717) is 6.10 Å². The predicted octanol–water partition coefficient (Wildman–Crippen LogP) is 1.24. The molecule has 16 heavy (non-hydrogen) atoms. The van der Waals surface area contributed by atoms with Crippen molar-refractivity contribution in [2.75, 3.05) is 32.8 Å². The quantitative estimate of drug-likeness (QED) is 0.764. The summed E-state index contributed by atoms with van der Waals surface area (Å²) in [5, 5.41) is 3.49. The Morgan fingerprint density at radius 2 is 1.75 bits per heavy atom. The molecule has 3 fully saturated rings. The molecule has 2 atom stereocenters. The van der Waals surface area contributed by atoms with Crippen molar-refractivity contribution in [2.24, 2.45) is 5.92 Å². The van der Waals surface area contributed by atoms with Crippen molar-refractivity contribution in [1.29, 1.82) is 0 Å². The van der Waals surface area contributed by atoms with Crippen molar-refractivity contribution < 1.29 is 4.74 Å². The standard InChI is InChI=1S/C13H24N2O/c1-6-14-7-2-9-15(8-1)12-5-10-16-13(12)11-3-4-11/h11-14H,1-10H2. The van der Waals surface area contributed by atoms with E-state index in [1.165, 1.54) is 58.3 Å². The molecule has 2 heterocycles. The van der Waals surface area contributed by atoms with E-state index in [4.69, 9.17) is 4.74 Å². The van der Waals surface area contributed by atoms with Crippen LogP contribution in [0.15, 0.2) is 0 Å². The predicted molar refractivity (Wildman–Crippen MR) is 64.5 cm³/mol. The Morgan fingerprint density at radius 1 is 1.00 bits per heavy atom. The topological polar surface area (TPSA) is 24.5 Å². The molecule has 0 spiro atoms. The van der Waals surface area contributed by atoms with Crippen molar-refractivity contribution in [3.05, 3.63) is 0 Å². The molecule has 0 amide bonds. The average Bonchev–Trinajstić information content (AvgIpc) is 2.97. The molecule has 2 aliphatic heterocycles. The monoisotopic (exact) mass is 224 g/mol. The number of nitrogens with one attached hydrogen (secondary N) is 1. The van der Waals surface area contributed by atoms with Crippen LogP contribution in [0, 0.1) is 5.92 Å². The van der Waals surface area contributed by atoms with Gasteiger partial charge in [0.1, 0.15) is 0 Å². The molecular formula is C13H24N2O. The van der Waals surface area contributed by atoms with Gasteiger partial charge in [0, 0.05) is 12.6 Å². The number of nitrogens with zero attached hydrogens (tertiary/aromatic N) is 1. The van der Waals surface area contributed by atoms with Gasteiger partial charge >= 0.3 is 0 Å². The first-order valence-corrected chi connectivity index (χ1v) is 7.01. The van der Waals surface area contributed by atoms with E-state index in [2.05, 4.69) is 10.2 Å². The molecular weight excluding hydrogens is 200 g/mol. The Balaban J connectivity index is 1.60. The van der Waals surface area contributed by atoms with Crippen LogP contribution in [0.25, 0.3) is 0 Å². The second kappa shape index (κ2) is 5.03. The summed E-state index contributed by atoms with van der Waals surface area (Å²) in [6.45, 7) is 5.92. The lowest BCUT2D eigenvalue weighted by Crippen LogP contribution is -2.45. The maximum atomic E-state index is 5.96. The summed E-state index contributed by atoms with van der Waals surface area (Å²) in [5.41, 5.74) is 0. The number of ether oxygens (including phenoxy) is 1. The van der Waals surface area contributed by atoms with Crippen LogP contribution in [0.3, 0.4) is 0 Å². The number of hydrogen-bond acceptors (Lipinski definition) is 3. The minimum atomic E-state index is 0.576. The summed E-state index contributed by atoms with van der Waals surface area (Å²) in [4.78, 5) is 2.72. The van der Waals surface area contributed by atoms with Gasteiger partial charge in [0.25, 0.3) is 0 Å². The lowest BCUT2D eigenvalue weighted by Gasteiger charge is -2.33. The fraction of sp³-hybridized carbons (Fsp3) is 1.00. The molecule has 0 aromatic carbocycles. The van der Waals surface area contributed by atoms with Gasteiger partial charge in [-0.1, -0.05) is 0 Å². The van der Waals surface area contributed by atoms with Crippen molar-refractivity contribution in [3.8, 4) is 0 Å². The number of hydrogen-bond donors (Lipinski definition) is 1. The molecule has 0 aromatic rings. The van der Waals surface area contributed by atoms with Gasteiger partial charge in [0.2, 0.25) is 0 Å². The highest BCUT2D eigenvalue weighted by Gasteiger charge is 2.42. The largest absolute Gasteiger partial charge is 0.376 e. The summed E-state index contributed by atoms with van der Waals surface area (Å²) in [5.74, 6) is 0.899. The van der Waals surface area contributed by atoms with Gasteiger partial charge in [-0.15, -0.1) is 0 Å². The smallest absolute Gasteiger partial charge is 0.0759 e. The minimum absolute atomic E-state index is 0.576. The molecule has 3 rings (SSSR count). The summed E-state index contributed by atoms with van der Waals surface area (Å²) >= 11 is 0. The van der Waals surface area contributed by atoms with Crippen LogP contribution in [-0.2, 0) is 4.74 Å². The molecule has 2 saturated heterocycles. The molecule has 92 valence electrons. The zero-order valence-corrected chi connectivity index (χ0v) is 10.2. The Kier molecular flexibility index (Phi) is 3.46. The summed E-state index contributed by atoms with van der Waals surface area (Å²) in [7, 11) is 0. The van der Waals surface area contributed by atoms with Crippen LogP contribution in [-0.4, -0.2) is 49.8 Å². The van der Waals surface area contributed by atoms with E-state index in [1.54, 1.807) is 0 Å². The highest BCUT2D eigenvalue weighted by Crippen LogP contribution is 2.40. The first-order chi connectivity index (χ1) is 7.95. The van der Waals surface area contributed by atoms with Crippen molar-refractivity contribution in [2.45, 2.75) is 44.2 Å². The lowest BCUT2D eigenvalue weighted by atomic mass is 10.0. The molecule has 1 aliphatic carbocycles. The molecule has 1 saturated carbocycles. The van der Waals surface area contributed by atoms with Crippen molar-refractivity contribution >= 4 is 0 Å². The minimum Gasteiger partial charge on any atom is -0.376 e. The van der Waals surface area contributed by atoms with Gasteiger partial charge < -0.3 is 10.1 Å². The van der Waals surface area contributed by atoms with E-state index in [1.807, 2.05) is 0 Å². The van der Waals surface area contributed by atoms with Crippen LogP contribution < -0.4 is 5.32 Å². The van der Waals surface area contributed by atoms with Crippen LogP contribution in [0.5, 0.6) is 0 Å². The highest BCUT2D eigenvalue weighted by molar-refractivity contribution is 4.95. The molecule has 3 nitrogen and oxygen atoms in total. The molecule has 3 heteroatoms. The zero-order valence-electron chi connectivity index (χ0n) is 10.2. The fourth-order valence-corrected chi connectivity index (χ4v) is 3.25. The third kappa shape index (κ3) is 2.41. The second-order valence-corrected chi connectivity index (χ2v) is 5.52. The van der Waals surface area contributed by atoms with Crippen LogP contribution in [0.1, 0.15) is 32.1 Å².